The summed E-state index contributed by atoms with van der Waals surface area (Å²) < 4.78 is 0.981. The van der Waals surface area contributed by atoms with Crippen LogP contribution >= 0.6 is 15.9 Å². The smallest absolute Gasteiger partial charge is 0.282 e. The summed E-state index contributed by atoms with van der Waals surface area (Å²) in [6.45, 7) is 3.64. The van der Waals surface area contributed by atoms with Gasteiger partial charge in [0.25, 0.3) is 5.91 Å². The maximum atomic E-state index is 11.6. The average Bonchev–Trinajstić information content (AvgIpc) is 2.47. The zero-order valence-corrected chi connectivity index (χ0v) is 10.5. The van der Waals surface area contributed by atoms with Crippen LogP contribution in [-0.4, -0.2) is 18.0 Å². The van der Waals surface area contributed by atoms with Gasteiger partial charge >= 0.3 is 6.03 Å². The monoisotopic (exact) mass is 282 g/mol. The molecule has 2 rings (SSSR count). The first-order valence-electron chi connectivity index (χ1n) is 4.91. The number of carbonyl (C=O) groups is 2. The molecule has 0 radical (unpaired) electrons. The maximum absolute atomic E-state index is 11.6. The summed E-state index contributed by atoms with van der Waals surface area (Å²) in [4.78, 5) is 24.4. The molecule has 0 bridgehead atoms. The molecule has 1 aliphatic heterocycles. The lowest BCUT2D eigenvalue weighted by Gasteiger charge is -2.19. The van der Waals surface area contributed by atoms with Crippen molar-refractivity contribution in [3.05, 3.63) is 28.2 Å². The third kappa shape index (κ3) is 1.71. The van der Waals surface area contributed by atoms with Crippen LogP contribution in [0, 0.1) is 6.92 Å². The Morgan fingerprint density at radius 3 is 2.56 bits per heavy atom. The lowest BCUT2D eigenvalue weighted by molar-refractivity contribution is -0.119. The topological polar surface area (TPSA) is 49.4 Å². The SMILES string of the molecule is Cc1cc(N2C(=O)NC(=O)C2C)ccc1Br. The van der Waals surface area contributed by atoms with Gasteiger partial charge < -0.3 is 0 Å². The number of benzene rings is 1. The largest absolute Gasteiger partial charge is 0.329 e. The molecule has 0 aliphatic carbocycles. The molecular formula is C11H11BrN2O2. The lowest BCUT2D eigenvalue weighted by Crippen LogP contribution is -2.32. The van der Waals surface area contributed by atoms with Crippen LogP contribution in [0.2, 0.25) is 0 Å². The molecule has 1 aliphatic rings. The standard InChI is InChI=1S/C11H11BrN2O2/c1-6-5-8(3-4-9(6)12)14-7(2)10(15)13-11(14)16/h3-5,7H,1-2H3,(H,13,15,16). The Hall–Kier alpha value is -1.36. The first-order chi connectivity index (χ1) is 7.50. The molecule has 1 fully saturated rings. The molecule has 3 amide bonds. The van der Waals surface area contributed by atoms with Crippen LogP contribution in [-0.2, 0) is 4.79 Å². The molecule has 0 saturated carbocycles. The summed E-state index contributed by atoms with van der Waals surface area (Å²) >= 11 is 3.39. The van der Waals surface area contributed by atoms with E-state index in [1.807, 2.05) is 25.1 Å². The number of nitrogens with one attached hydrogen (secondary N) is 1. The number of imide groups is 1. The van der Waals surface area contributed by atoms with Crippen LogP contribution in [0.4, 0.5) is 10.5 Å². The molecule has 1 aromatic rings. The van der Waals surface area contributed by atoms with Crippen molar-refractivity contribution in [2.75, 3.05) is 4.90 Å². The Bertz CT molecular complexity index is 473. The predicted octanol–water partition coefficient (Wildman–Crippen LogP) is 2.20. The summed E-state index contributed by atoms with van der Waals surface area (Å²) in [6, 6.07) is 4.74. The summed E-state index contributed by atoms with van der Waals surface area (Å²) in [6.07, 6.45) is 0. The number of urea groups is 1. The number of hydrogen-bond donors (Lipinski definition) is 1. The number of amides is 3. The van der Waals surface area contributed by atoms with E-state index in [1.165, 1.54) is 4.90 Å². The Morgan fingerprint density at radius 2 is 2.06 bits per heavy atom. The van der Waals surface area contributed by atoms with Gasteiger partial charge in [-0.3, -0.25) is 15.0 Å². The highest BCUT2D eigenvalue weighted by Crippen LogP contribution is 2.26. The average molecular weight is 283 g/mol. The van der Waals surface area contributed by atoms with Gasteiger partial charge in [-0.25, -0.2) is 4.79 Å². The second-order valence-electron chi connectivity index (χ2n) is 3.77. The van der Waals surface area contributed by atoms with E-state index in [2.05, 4.69) is 21.2 Å². The highest BCUT2D eigenvalue weighted by atomic mass is 79.9. The van der Waals surface area contributed by atoms with E-state index in [9.17, 15) is 9.59 Å². The summed E-state index contributed by atoms with van der Waals surface area (Å²) in [7, 11) is 0. The van der Waals surface area contributed by atoms with Crippen molar-refractivity contribution < 1.29 is 9.59 Å². The molecule has 16 heavy (non-hydrogen) atoms. The van der Waals surface area contributed by atoms with Crippen molar-refractivity contribution in [2.45, 2.75) is 19.9 Å². The number of anilines is 1. The number of carbonyl (C=O) groups excluding carboxylic acids is 2. The van der Waals surface area contributed by atoms with Gasteiger partial charge in [0.05, 0.1) is 0 Å². The van der Waals surface area contributed by atoms with E-state index >= 15 is 0 Å². The van der Waals surface area contributed by atoms with Crippen LogP contribution in [0.1, 0.15) is 12.5 Å². The third-order valence-corrected chi connectivity index (χ3v) is 3.53. The Morgan fingerprint density at radius 1 is 1.38 bits per heavy atom. The van der Waals surface area contributed by atoms with Gasteiger partial charge in [0.1, 0.15) is 6.04 Å². The van der Waals surface area contributed by atoms with Crippen LogP contribution in [0.25, 0.3) is 0 Å². The molecule has 1 N–H and O–H groups in total. The molecule has 0 spiro atoms. The maximum Gasteiger partial charge on any atom is 0.329 e. The van der Waals surface area contributed by atoms with Gasteiger partial charge in [-0.2, -0.15) is 0 Å². The van der Waals surface area contributed by atoms with E-state index < -0.39 is 6.04 Å². The molecule has 1 aromatic carbocycles. The Kier molecular flexibility index (Phi) is 2.71. The second kappa shape index (κ2) is 3.90. The molecule has 1 unspecified atom stereocenters. The quantitative estimate of drug-likeness (QED) is 0.803. The number of rotatable bonds is 1. The molecule has 1 atom stereocenters. The van der Waals surface area contributed by atoms with Crippen LogP contribution < -0.4 is 10.2 Å². The van der Waals surface area contributed by atoms with Crippen LogP contribution in [0.3, 0.4) is 0 Å². The molecule has 1 saturated heterocycles. The van der Waals surface area contributed by atoms with Crippen molar-refractivity contribution in [1.82, 2.24) is 5.32 Å². The van der Waals surface area contributed by atoms with E-state index in [4.69, 9.17) is 0 Å². The van der Waals surface area contributed by atoms with Gasteiger partial charge in [-0.05, 0) is 37.6 Å². The van der Waals surface area contributed by atoms with Crippen LogP contribution in [0.5, 0.6) is 0 Å². The van der Waals surface area contributed by atoms with Crippen molar-refractivity contribution in [3.63, 3.8) is 0 Å². The summed E-state index contributed by atoms with van der Waals surface area (Å²) in [5.74, 6) is -0.259. The molecule has 1 heterocycles. The number of halogens is 1. The molecule has 0 aromatic heterocycles. The van der Waals surface area contributed by atoms with E-state index in [0.29, 0.717) is 0 Å². The van der Waals surface area contributed by atoms with Crippen molar-refractivity contribution >= 4 is 33.6 Å². The first-order valence-corrected chi connectivity index (χ1v) is 5.70. The molecular weight excluding hydrogens is 272 g/mol. The molecule has 84 valence electrons. The summed E-state index contributed by atoms with van der Waals surface area (Å²) in [5, 5.41) is 2.29. The normalized spacial score (nSPS) is 20.2. The van der Waals surface area contributed by atoms with Crippen molar-refractivity contribution in [2.24, 2.45) is 0 Å². The Labute approximate surface area is 102 Å². The number of nitrogens with zero attached hydrogens (tertiary/aromatic N) is 1. The number of hydrogen-bond acceptors (Lipinski definition) is 2. The Balaban J connectivity index is 2.40. The lowest BCUT2D eigenvalue weighted by atomic mass is 10.2. The van der Waals surface area contributed by atoms with Gasteiger partial charge in [0.15, 0.2) is 0 Å². The minimum atomic E-state index is -0.451. The fourth-order valence-corrected chi connectivity index (χ4v) is 1.93. The van der Waals surface area contributed by atoms with Crippen LogP contribution in [0.15, 0.2) is 22.7 Å². The van der Waals surface area contributed by atoms with Crippen molar-refractivity contribution in [3.8, 4) is 0 Å². The first kappa shape index (κ1) is 11.1. The fraction of sp³-hybridized carbons (Fsp3) is 0.273. The molecule has 4 nitrogen and oxygen atoms in total. The minimum Gasteiger partial charge on any atom is -0.282 e. The van der Waals surface area contributed by atoms with Gasteiger partial charge in [0, 0.05) is 10.2 Å². The number of aryl methyl sites for hydroxylation is 1. The summed E-state index contributed by atoms with van der Waals surface area (Å²) in [5.41, 5.74) is 1.76. The zero-order chi connectivity index (χ0) is 11.9. The van der Waals surface area contributed by atoms with E-state index in [-0.39, 0.29) is 11.9 Å². The fourth-order valence-electron chi connectivity index (χ4n) is 1.68. The van der Waals surface area contributed by atoms with Gasteiger partial charge in [0.2, 0.25) is 0 Å². The highest BCUT2D eigenvalue weighted by molar-refractivity contribution is 9.10. The minimum absolute atomic E-state index is 0.259. The second-order valence-corrected chi connectivity index (χ2v) is 4.63. The van der Waals surface area contributed by atoms with Gasteiger partial charge in [-0.15, -0.1) is 0 Å². The van der Waals surface area contributed by atoms with E-state index in [0.717, 1.165) is 15.7 Å². The highest BCUT2D eigenvalue weighted by Gasteiger charge is 2.35. The van der Waals surface area contributed by atoms with Gasteiger partial charge in [-0.1, -0.05) is 15.9 Å². The third-order valence-electron chi connectivity index (χ3n) is 2.64. The predicted molar refractivity (Wildman–Crippen MR) is 64.4 cm³/mol. The molecule has 5 heteroatoms. The zero-order valence-electron chi connectivity index (χ0n) is 8.95. The van der Waals surface area contributed by atoms with E-state index in [1.54, 1.807) is 6.92 Å². The van der Waals surface area contributed by atoms with Crippen molar-refractivity contribution in [1.29, 1.82) is 0 Å².